The highest BCUT2D eigenvalue weighted by molar-refractivity contribution is 5.26. The second kappa shape index (κ2) is 4.79. The fourth-order valence-corrected chi connectivity index (χ4v) is 1.57. The van der Waals surface area contributed by atoms with E-state index < -0.39 is 16.2 Å². The number of rotatable bonds is 3. The van der Waals surface area contributed by atoms with Crippen molar-refractivity contribution in [1.29, 1.82) is 0 Å². The van der Waals surface area contributed by atoms with Crippen molar-refractivity contribution < 1.29 is 9.31 Å². The van der Waals surface area contributed by atoms with E-state index in [-0.39, 0.29) is 12.4 Å². The van der Waals surface area contributed by atoms with E-state index in [1.165, 1.54) is 41.1 Å². The van der Waals surface area contributed by atoms with Crippen LogP contribution in [-0.4, -0.2) is 9.49 Å². The number of hydrogen-bond donors (Lipinski definition) is 0. The molecule has 0 saturated heterocycles. The number of nitrogens with zero attached hydrogens (tertiary/aromatic N) is 2. The smallest absolute Gasteiger partial charge is 0.305 e. The molecule has 18 heavy (non-hydrogen) atoms. The molecular weight excluding hydrogens is 239 g/mol. The van der Waals surface area contributed by atoms with Crippen molar-refractivity contribution >= 4 is 5.69 Å². The third kappa shape index (κ3) is 2.42. The Morgan fingerprint density at radius 2 is 1.89 bits per heavy atom. The normalized spacial score (nSPS) is 10.3. The zero-order valence-corrected chi connectivity index (χ0v) is 9.25. The van der Waals surface area contributed by atoms with Gasteiger partial charge in [-0.3, -0.25) is 14.9 Å². The summed E-state index contributed by atoms with van der Waals surface area (Å²) in [7, 11) is 0. The molecule has 1 aromatic heterocycles. The van der Waals surface area contributed by atoms with Gasteiger partial charge in [0.2, 0.25) is 0 Å². The third-order valence-corrected chi connectivity index (χ3v) is 2.46. The minimum absolute atomic E-state index is 0.167. The van der Waals surface area contributed by atoms with Gasteiger partial charge in [0.05, 0.1) is 11.5 Å². The number of aromatic nitrogens is 1. The van der Waals surface area contributed by atoms with Crippen LogP contribution in [-0.2, 0) is 6.54 Å². The molecule has 0 radical (unpaired) electrons. The van der Waals surface area contributed by atoms with Gasteiger partial charge in [-0.15, -0.1) is 0 Å². The van der Waals surface area contributed by atoms with Crippen molar-refractivity contribution in [3.8, 4) is 0 Å². The maximum absolute atomic E-state index is 12.7. The van der Waals surface area contributed by atoms with Gasteiger partial charge < -0.3 is 4.57 Å². The van der Waals surface area contributed by atoms with Crippen LogP contribution in [0.15, 0.2) is 47.4 Å². The Balaban J connectivity index is 2.35. The first kappa shape index (κ1) is 12.0. The highest BCUT2D eigenvalue weighted by Gasteiger charge is 2.13. The van der Waals surface area contributed by atoms with Crippen LogP contribution >= 0.6 is 0 Å². The third-order valence-electron chi connectivity index (χ3n) is 2.46. The van der Waals surface area contributed by atoms with Crippen molar-refractivity contribution in [3.05, 3.63) is 74.4 Å². The molecule has 0 fully saturated rings. The molecule has 0 atom stereocenters. The Hall–Kier alpha value is -2.50. The van der Waals surface area contributed by atoms with E-state index in [2.05, 4.69) is 0 Å². The van der Waals surface area contributed by atoms with Crippen LogP contribution in [0, 0.1) is 15.9 Å². The van der Waals surface area contributed by atoms with Crippen molar-refractivity contribution in [2.45, 2.75) is 6.54 Å². The monoisotopic (exact) mass is 248 g/mol. The van der Waals surface area contributed by atoms with Crippen molar-refractivity contribution in [1.82, 2.24) is 4.57 Å². The molecule has 0 aliphatic carbocycles. The van der Waals surface area contributed by atoms with Gasteiger partial charge in [-0.25, -0.2) is 4.39 Å². The van der Waals surface area contributed by atoms with Crippen molar-refractivity contribution in [3.63, 3.8) is 0 Å². The largest absolute Gasteiger partial charge is 0.334 e. The first-order chi connectivity index (χ1) is 8.58. The Kier molecular flexibility index (Phi) is 3.18. The average molecular weight is 248 g/mol. The van der Waals surface area contributed by atoms with Crippen LogP contribution in [0.1, 0.15) is 5.56 Å². The quantitative estimate of drug-likeness (QED) is 0.616. The first-order valence-corrected chi connectivity index (χ1v) is 5.16. The minimum Gasteiger partial charge on any atom is -0.305 e. The number of halogens is 1. The van der Waals surface area contributed by atoms with E-state index >= 15 is 0 Å². The second-order valence-electron chi connectivity index (χ2n) is 3.71. The van der Waals surface area contributed by atoms with Gasteiger partial charge in [-0.1, -0.05) is 12.1 Å². The van der Waals surface area contributed by atoms with Crippen molar-refractivity contribution in [2.24, 2.45) is 0 Å². The fourth-order valence-electron chi connectivity index (χ4n) is 1.57. The zero-order valence-electron chi connectivity index (χ0n) is 9.25. The molecule has 0 aliphatic rings. The van der Waals surface area contributed by atoms with E-state index in [0.29, 0.717) is 5.56 Å². The summed E-state index contributed by atoms with van der Waals surface area (Å²) >= 11 is 0. The highest BCUT2D eigenvalue weighted by Crippen LogP contribution is 2.06. The molecule has 0 amide bonds. The van der Waals surface area contributed by atoms with Crippen LogP contribution < -0.4 is 5.56 Å². The second-order valence-corrected chi connectivity index (χ2v) is 3.71. The molecule has 2 rings (SSSR count). The van der Waals surface area contributed by atoms with Gasteiger partial charge in [0.25, 0.3) is 0 Å². The van der Waals surface area contributed by atoms with Gasteiger partial charge in [0, 0.05) is 12.3 Å². The molecule has 6 heteroatoms. The maximum Gasteiger partial charge on any atom is 0.334 e. The highest BCUT2D eigenvalue weighted by atomic mass is 19.1. The number of pyridine rings is 1. The van der Waals surface area contributed by atoms with Gasteiger partial charge in [-0.2, -0.15) is 0 Å². The van der Waals surface area contributed by atoms with Crippen LogP contribution in [0.2, 0.25) is 0 Å². The van der Waals surface area contributed by atoms with Crippen LogP contribution in [0.3, 0.4) is 0 Å². The summed E-state index contributed by atoms with van der Waals surface area (Å²) in [4.78, 5) is 21.6. The average Bonchev–Trinajstić information content (AvgIpc) is 2.34. The Morgan fingerprint density at radius 3 is 2.50 bits per heavy atom. The Bertz CT molecular complexity index is 635. The molecule has 1 heterocycles. The summed E-state index contributed by atoms with van der Waals surface area (Å²) in [6.45, 7) is 0.167. The van der Waals surface area contributed by atoms with E-state index in [9.17, 15) is 19.3 Å². The summed E-state index contributed by atoms with van der Waals surface area (Å²) in [5.41, 5.74) is -0.453. The lowest BCUT2D eigenvalue weighted by Crippen LogP contribution is -2.22. The lowest BCUT2D eigenvalue weighted by atomic mass is 10.2. The van der Waals surface area contributed by atoms with Gasteiger partial charge in [0.15, 0.2) is 0 Å². The number of benzene rings is 1. The fraction of sp³-hybridized carbons (Fsp3) is 0.0833. The molecule has 0 bridgehead atoms. The topological polar surface area (TPSA) is 65.1 Å². The molecule has 0 saturated carbocycles. The minimum atomic E-state index is -0.719. The molecule has 92 valence electrons. The molecular formula is C12H9FN2O3. The number of hydrogen-bond acceptors (Lipinski definition) is 3. The van der Waals surface area contributed by atoms with Gasteiger partial charge >= 0.3 is 11.2 Å². The predicted octanol–water partition coefficient (Wildman–Crippen LogP) is 1.94. The molecule has 0 N–H and O–H groups in total. The molecule has 0 spiro atoms. The van der Waals surface area contributed by atoms with Crippen LogP contribution in [0.5, 0.6) is 0 Å². The standard InChI is InChI=1S/C12H9FN2O3/c13-10-5-3-9(4-6-10)8-14-7-1-2-11(12(14)16)15(17)18/h1-7H,8H2. The Labute approximate surface area is 101 Å². The van der Waals surface area contributed by atoms with E-state index in [4.69, 9.17) is 0 Å². The van der Waals surface area contributed by atoms with Crippen LogP contribution in [0.25, 0.3) is 0 Å². The van der Waals surface area contributed by atoms with E-state index in [1.807, 2.05) is 0 Å². The van der Waals surface area contributed by atoms with Crippen molar-refractivity contribution in [2.75, 3.05) is 0 Å². The lowest BCUT2D eigenvalue weighted by molar-refractivity contribution is -0.386. The van der Waals surface area contributed by atoms with Gasteiger partial charge in [-0.05, 0) is 23.8 Å². The lowest BCUT2D eigenvalue weighted by Gasteiger charge is -2.05. The summed E-state index contributed by atoms with van der Waals surface area (Å²) in [6, 6.07) is 8.20. The molecule has 0 unspecified atom stereocenters. The SMILES string of the molecule is O=c1c([N+](=O)[O-])cccn1Cc1ccc(F)cc1. The molecule has 5 nitrogen and oxygen atoms in total. The molecule has 0 aliphatic heterocycles. The summed E-state index contributed by atoms with van der Waals surface area (Å²) < 4.78 is 13.9. The van der Waals surface area contributed by atoms with E-state index in [1.54, 1.807) is 0 Å². The van der Waals surface area contributed by atoms with Gasteiger partial charge in [0.1, 0.15) is 5.82 Å². The summed E-state index contributed by atoms with van der Waals surface area (Å²) in [5, 5.41) is 10.6. The number of nitro groups is 1. The van der Waals surface area contributed by atoms with Crippen LogP contribution in [0.4, 0.5) is 10.1 Å². The summed E-state index contributed by atoms with van der Waals surface area (Å²) in [5.74, 6) is -0.370. The van der Waals surface area contributed by atoms with E-state index in [0.717, 1.165) is 6.07 Å². The predicted molar refractivity (Wildman–Crippen MR) is 62.9 cm³/mol. The first-order valence-electron chi connectivity index (χ1n) is 5.16. The maximum atomic E-state index is 12.7. The molecule has 1 aromatic carbocycles. The summed E-state index contributed by atoms with van der Waals surface area (Å²) in [6.07, 6.45) is 1.46. The zero-order chi connectivity index (χ0) is 13.1. The molecule has 2 aromatic rings. The Morgan fingerprint density at radius 1 is 1.22 bits per heavy atom.